The maximum atomic E-state index is 4.05. The highest BCUT2D eigenvalue weighted by Crippen LogP contribution is 2.04. The van der Waals surface area contributed by atoms with Gasteiger partial charge in [0.05, 0.1) is 12.4 Å². The number of rotatable bonds is 3. The molecule has 0 unspecified atom stereocenters. The Morgan fingerprint density at radius 3 is 2.79 bits per heavy atom. The number of thiophene rings is 1. The maximum Gasteiger partial charge on any atom is 0.136 e. The molecule has 14 heavy (non-hydrogen) atoms. The molecule has 0 fully saturated rings. The van der Waals surface area contributed by atoms with Gasteiger partial charge in [-0.05, 0) is 11.4 Å². The monoisotopic (exact) mass is 221 g/mol. The first-order valence-corrected chi connectivity index (χ1v) is 5.70. The number of nitrogens with zero attached hydrogens (tertiary/aromatic N) is 3. The van der Waals surface area contributed by atoms with E-state index in [-0.39, 0.29) is 0 Å². The van der Waals surface area contributed by atoms with E-state index in [1.165, 1.54) is 11.3 Å². The van der Waals surface area contributed by atoms with Crippen molar-refractivity contribution < 1.29 is 0 Å². The van der Waals surface area contributed by atoms with E-state index in [4.69, 9.17) is 0 Å². The van der Waals surface area contributed by atoms with Crippen molar-refractivity contribution in [2.45, 2.75) is 0 Å². The molecule has 5 heteroatoms. The third-order valence-electron chi connectivity index (χ3n) is 1.41. The van der Waals surface area contributed by atoms with E-state index in [9.17, 15) is 0 Å². The second-order valence-corrected chi connectivity index (χ2v) is 4.28. The summed E-state index contributed by atoms with van der Waals surface area (Å²) in [7, 11) is 0. The van der Waals surface area contributed by atoms with Gasteiger partial charge in [-0.2, -0.15) is 10.2 Å². The molecule has 0 aromatic carbocycles. The van der Waals surface area contributed by atoms with Crippen LogP contribution in [-0.2, 0) is 0 Å². The lowest BCUT2D eigenvalue weighted by atomic mass is 10.5. The van der Waals surface area contributed by atoms with Crippen molar-refractivity contribution in [2.75, 3.05) is 0 Å². The summed E-state index contributed by atoms with van der Waals surface area (Å²) >= 11 is 3.17. The predicted molar refractivity (Wildman–Crippen MR) is 61.6 cm³/mol. The number of thiazole rings is 1. The van der Waals surface area contributed by atoms with Gasteiger partial charge >= 0.3 is 0 Å². The van der Waals surface area contributed by atoms with E-state index in [0.29, 0.717) is 0 Å². The molecule has 0 aliphatic rings. The average Bonchev–Trinajstić information content (AvgIpc) is 2.86. The van der Waals surface area contributed by atoms with Crippen LogP contribution in [0.25, 0.3) is 0 Å². The first-order valence-electron chi connectivity index (χ1n) is 3.94. The summed E-state index contributed by atoms with van der Waals surface area (Å²) in [6.45, 7) is 0. The fourth-order valence-corrected chi connectivity index (χ4v) is 1.91. The molecule has 0 aliphatic heterocycles. The van der Waals surface area contributed by atoms with Gasteiger partial charge in [-0.3, -0.25) is 0 Å². The summed E-state index contributed by atoms with van der Waals surface area (Å²) in [5.41, 5.74) is 0. The summed E-state index contributed by atoms with van der Waals surface area (Å²) < 4.78 is 0. The van der Waals surface area contributed by atoms with E-state index in [0.717, 1.165) is 9.88 Å². The normalized spacial score (nSPS) is 11.7. The van der Waals surface area contributed by atoms with Gasteiger partial charge in [0.2, 0.25) is 0 Å². The molecule has 70 valence electrons. The van der Waals surface area contributed by atoms with Crippen LogP contribution in [-0.4, -0.2) is 17.4 Å². The van der Waals surface area contributed by atoms with Crippen molar-refractivity contribution in [3.05, 3.63) is 39.0 Å². The number of aromatic nitrogens is 1. The second kappa shape index (κ2) is 4.78. The van der Waals surface area contributed by atoms with Crippen molar-refractivity contribution in [1.29, 1.82) is 0 Å². The molecule has 0 atom stereocenters. The fraction of sp³-hybridized carbons (Fsp3) is 0. The highest BCUT2D eigenvalue weighted by atomic mass is 32.1. The third kappa shape index (κ3) is 2.58. The molecule has 2 heterocycles. The van der Waals surface area contributed by atoms with Gasteiger partial charge in [-0.25, -0.2) is 4.98 Å². The summed E-state index contributed by atoms with van der Waals surface area (Å²) in [4.78, 5) is 5.15. The Labute approximate surface area is 89.5 Å². The van der Waals surface area contributed by atoms with Crippen LogP contribution in [0.5, 0.6) is 0 Å². The zero-order valence-electron chi connectivity index (χ0n) is 7.20. The lowest BCUT2D eigenvalue weighted by Gasteiger charge is -1.79. The van der Waals surface area contributed by atoms with Crippen molar-refractivity contribution in [3.8, 4) is 0 Å². The number of hydrogen-bond acceptors (Lipinski definition) is 5. The second-order valence-electron chi connectivity index (χ2n) is 2.37. The minimum atomic E-state index is 0.869. The molecule has 0 saturated heterocycles. The van der Waals surface area contributed by atoms with Gasteiger partial charge in [0.25, 0.3) is 0 Å². The van der Waals surface area contributed by atoms with Crippen LogP contribution in [0.1, 0.15) is 9.88 Å². The summed E-state index contributed by atoms with van der Waals surface area (Å²) in [6.07, 6.45) is 5.12. The van der Waals surface area contributed by atoms with E-state index in [1.54, 1.807) is 30.0 Å². The molecule has 3 nitrogen and oxygen atoms in total. The average molecular weight is 221 g/mol. The summed E-state index contributed by atoms with van der Waals surface area (Å²) in [5.74, 6) is 0. The highest BCUT2D eigenvalue weighted by Gasteiger charge is 1.87. The molecule has 0 bridgehead atoms. The Bertz CT molecular complexity index is 373. The van der Waals surface area contributed by atoms with Crippen LogP contribution in [0.15, 0.2) is 39.3 Å². The SMILES string of the molecule is C(=N\N=C\c1nccs1)/c1cccs1. The van der Waals surface area contributed by atoms with Crippen LogP contribution in [0.3, 0.4) is 0 Å². The topological polar surface area (TPSA) is 37.6 Å². The van der Waals surface area contributed by atoms with Gasteiger partial charge in [-0.15, -0.1) is 22.7 Å². The Balaban J connectivity index is 1.94. The third-order valence-corrected chi connectivity index (χ3v) is 2.93. The Morgan fingerprint density at radius 2 is 2.07 bits per heavy atom. The van der Waals surface area contributed by atoms with Crippen LogP contribution in [0.4, 0.5) is 0 Å². The van der Waals surface area contributed by atoms with Crippen LogP contribution in [0, 0.1) is 0 Å². The lowest BCUT2D eigenvalue weighted by Crippen LogP contribution is -1.75. The summed E-state index contributed by atoms with van der Waals surface area (Å²) in [5, 5.41) is 12.6. The molecule has 0 aliphatic carbocycles. The Hall–Kier alpha value is -1.33. The smallest absolute Gasteiger partial charge is 0.136 e. The Morgan fingerprint density at radius 1 is 1.14 bits per heavy atom. The first-order chi connectivity index (χ1) is 6.95. The molecule has 2 aromatic rings. The minimum Gasteiger partial charge on any atom is -0.243 e. The van der Waals surface area contributed by atoms with Crippen LogP contribution >= 0.6 is 22.7 Å². The quantitative estimate of drug-likeness (QED) is 0.580. The zero-order chi connectivity index (χ0) is 9.64. The molecule has 0 saturated carbocycles. The molecule has 0 amide bonds. The van der Waals surface area contributed by atoms with Gasteiger partial charge in [0.15, 0.2) is 0 Å². The van der Waals surface area contributed by atoms with Gasteiger partial charge < -0.3 is 0 Å². The van der Waals surface area contributed by atoms with Gasteiger partial charge in [-0.1, -0.05) is 6.07 Å². The maximum absolute atomic E-state index is 4.05. The van der Waals surface area contributed by atoms with E-state index in [1.807, 2.05) is 22.9 Å². The molecule has 2 aromatic heterocycles. The van der Waals surface area contributed by atoms with Gasteiger partial charge in [0, 0.05) is 16.5 Å². The lowest BCUT2D eigenvalue weighted by molar-refractivity contribution is 1.26. The highest BCUT2D eigenvalue weighted by molar-refractivity contribution is 7.11. The Kier molecular flexibility index (Phi) is 3.15. The molecule has 2 rings (SSSR count). The molecular weight excluding hydrogens is 214 g/mol. The molecule has 0 N–H and O–H groups in total. The number of hydrogen-bond donors (Lipinski definition) is 0. The van der Waals surface area contributed by atoms with Crippen LogP contribution < -0.4 is 0 Å². The fourth-order valence-electron chi connectivity index (χ4n) is 0.836. The minimum absolute atomic E-state index is 0.869. The first kappa shape index (κ1) is 9.23. The van der Waals surface area contributed by atoms with Crippen molar-refractivity contribution >= 4 is 35.1 Å². The molecular formula is C9H7N3S2. The van der Waals surface area contributed by atoms with Gasteiger partial charge in [0.1, 0.15) is 5.01 Å². The standard InChI is InChI=1S/C9H7N3S2/c1-2-8(13-4-1)6-11-12-7-9-10-3-5-14-9/h1-7H/b11-6+,12-7+. The molecule has 0 spiro atoms. The molecule has 0 radical (unpaired) electrons. The van der Waals surface area contributed by atoms with Crippen LogP contribution in [0.2, 0.25) is 0 Å². The van der Waals surface area contributed by atoms with Crippen molar-refractivity contribution in [3.63, 3.8) is 0 Å². The van der Waals surface area contributed by atoms with E-state index in [2.05, 4.69) is 15.2 Å². The zero-order valence-corrected chi connectivity index (χ0v) is 8.83. The van der Waals surface area contributed by atoms with Crippen molar-refractivity contribution in [2.24, 2.45) is 10.2 Å². The predicted octanol–water partition coefficient (Wildman–Crippen LogP) is 2.66. The summed E-state index contributed by atoms with van der Waals surface area (Å²) in [6, 6.07) is 3.98. The largest absolute Gasteiger partial charge is 0.243 e. The van der Waals surface area contributed by atoms with E-state index >= 15 is 0 Å². The van der Waals surface area contributed by atoms with Crippen molar-refractivity contribution in [1.82, 2.24) is 4.98 Å². The van der Waals surface area contributed by atoms with E-state index < -0.39 is 0 Å².